The van der Waals surface area contributed by atoms with E-state index in [0.29, 0.717) is 45.2 Å². The third-order valence-electron chi connectivity index (χ3n) is 4.95. The molecule has 146 valence electrons. The second-order valence-electron chi connectivity index (χ2n) is 6.72. The lowest BCUT2D eigenvalue weighted by Crippen LogP contribution is -2.55. The summed E-state index contributed by atoms with van der Waals surface area (Å²) in [5.74, 6) is -0.529. The van der Waals surface area contributed by atoms with E-state index in [1.54, 1.807) is 14.0 Å². The Morgan fingerprint density at radius 3 is 2.52 bits per heavy atom. The largest absolute Gasteiger partial charge is 0.480 e. The van der Waals surface area contributed by atoms with E-state index in [9.17, 15) is 14.7 Å². The van der Waals surface area contributed by atoms with E-state index < -0.39 is 17.4 Å². The third kappa shape index (κ3) is 3.61. The molecule has 2 aromatic rings. The molecule has 1 aliphatic carbocycles. The number of aryl methyl sites for hydroxylation is 1. The molecule has 2 aromatic heterocycles. The summed E-state index contributed by atoms with van der Waals surface area (Å²) in [4.78, 5) is 34.6. The lowest BCUT2D eigenvalue weighted by atomic mass is 9.81. The van der Waals surface area contributed by atoms with Crippen LogP contribution in [0, 0.1) is 6.92 Å². The van der Waals surface area contributed by atoms with Crippen LogP contribution in [0.15, 0.2) is 0 Å². The van der Waals surface area contributed by atoms with Crippen LogP contribution in [0.4, 0.5) is 0 Å². The number of fused-ring (bicyclic) bond motifs is 1. The normalized spacial score (nSPS) is 16.3. The maximum Gasteiger partial charge on any atom is 0.329 e. The van der Waals surface area contributed by atoms with Crippen molar-refractivity contribution in [3.63, 3.8) is 0 Å². The minimum absolute atomic E-state index is 0.229. The molecule has 0 radical (unpaired) electrons. The first kappa shape index (κ1) is 19.5. The van der Waals surface area contributed by atoms with Gasteiger partial charge in [0.2, 0.25) is 5.88 Å². The number of carbonyl (C=O) groups excluding carboxylic acids is 1. The molecule has 1 saturated carbocycles. The van der Waals surface area contributed by atoms with Crippen LogP contribution in [-0.2, 0) is 16.1 Å². The van der Waals surface area contributed by atoms with Gasteiger partial charge in [0, 0.05) is 7.11 Å². The van der Waals surface area contributed by atoms with E-state index in [2.05, 4.69) is 15.3 Å². The summed E-state index contributed by atoms with van der Waals surface area (Å²) >= 11 is 1.21. The Balaban J connectivity index is 1.99. The maximum atomic E-state index is 12.9. The molecule has 27 heavy (non-hydrogen) atoms. The molecular formula is C18H23N3O5S. The summed E-state index contributed by atoms with van der Waals surface area (Å²) in [5, 5.41) is 13.2. The zero-order valence-electron chi connectivity index (χ0n) is 15.6. The molecule has 0 saturated heterocycles. The monoisotopic (exact) mass is 393 g/mol. The van der Waals surface area contributed by atoms with E-state index in [1.807, 2.05) is 0 Å². The maximum absolute atomic E-state index is 12.9. The first-order chi connectivity index (χ1) is 12.9. The minimum Gasteiger partial charge on any atom is -0.480 e. The first-order valence-corrected chi connectivity index (χ1v) is 9.62. The van der Waals surface area contributed by atoms with Crippen LogP contribution in [-0.4, -0.2) is 46.7 Å². The van der Waals surface area contributed by atoms with Crippen LogP contribution >= 0.6 is 11.3 Å². The molecule has 3 rings (SSSR count). The van der Waals surface area contributed by atoms with Crippen LogP contribution in [0.3, 0.4) is 0 Å². The van der Waals surface area contributed by atoms with Crippen LogP contribution in [0.2, 0.25) is 0 Å². The van der Waals surface area contributed by atoms with E-state index in [-0.39, 0.29) is 6.61 Å². The number of thiophene rings is 1. The number of nitrogens with zero attached hydrogens (tertiary/aromatic N) is 2. The molecule has 2 heterocycles. The number of aromatic nitrogens is 2. The first-order valence-electron chi connectivity index (χ1n) is 8.80. The van der Waals surface area contributed by atoms with Crippen molar-refractivity contribution in [1.82, 2.24) is 15.3 Å². The smallest absolute Gasteiger partial charge is 0.329 e. The van der Waals surface area contributed by atoms with Crippen molar-refractivity contribution >= 4 is 33.4 Å². The van der Waals surface area contributed by atoms with Gasteiger partial charge in [0.25, 0.3) is 5.91 Å². The lowest BCUT2D eigenvalue weighted by Gasteiger charge is -2.33. The molecule has 8 nitrogen and oxygen atoms in total. The molecule has 2 N–H and O–H groups in total. The molecule has 0 spiro atoms. The standard InChI is InChI=1S/C18H23N3O5S/c1-10-12-15(26-3)19-11(9-25-2)20-16(12)27-13(10)14(22)21-18(17(23)24)7-5-4-6-8-18/h4-9H2,1-3H3,(H,21,22)(H,23,24). The van der Waals surface area contributed by atoms with Gasteiger partial charge < -0.3 is 19.9 Å². The molecule has 1 fully saturated rings. The second kappa shape index (κ2) is 7.77. The SMILES string of the molecule is COCc1nc(OC)c2c(C)c(C(=O)NC3(C(=O)O)CCCCC3)sc2n1. The Morgan fingerprint density at radius 1 is 1.22 bits per heavy atom. The zero-order chi connectivity index (χ0) is 19.6. The number of hydrogen-bond donors (Lipinski definition) is 2. The highest BCUT2D eigenvalue weighted by Crippen LogP contribution is 2.36. The minimum atomic E-state index is -1.20. The predicted octanol–water partition coefficient (Wildman–Crippen LogP) is 2.67. The van der Waals surface area contributed by atoms with E-state index in [0.717, 1.165) is 19.3 Å². The Morgan fingerprint density at radius 2 is 1.93 bits per heavy atom. The number of carbonyl (C=O) groups is 2. The number of ether oxygens (including phenoxy) is 2. The molecule has 0 aliphatic heterocycles. The number of rotatable bonds is 6. The van der Waals surface area contributed by atoms with Gasteiger partial charge in [-0.15, -0.1) is 11.3 Å². The molecule has 0 bridgehead atoms. The third-order valence-corrected chi connectivity index (χ3v) is 6.13. The van der Waals surface area contributed by atoms with Gasteiger partial charge in [-0.3, -0.25) is 4.79 Å². The summed E-state index contributed by atoms with van der Waals surface area (Å²) < 4.78 is 10.5. The van der Waals surface area contributed by atoms with Crippen molar-refractivity contribution in [3.8, 4) is 5.88 Å². The zero-order valence-corrected chi connectivity index (χ0v) is 16.4. The van der Waals surface area contributed by atoms with Gasteiger partial charge >= 0.3 is 5.97 Å². The number of amides is 1. The Kier molecular flexibility index (Phi) is 5.61. The van der Waals surface area contributed by atoms with Gasteiger partial charge in [0.1, 0.15) is 17.0 Å². The number of hydrogen-bond acceptors (Lipinski definition) is 7. The highest BCUT2D eigenvalue weighted by Gasteiger charge is 2.41. The van der Waals surface area contributed by atoms with Crippen molar-refractivity contribution in [2.75, 3.05) is 14.2 Å². The number of carboxylic acid groups (broad SMARTS) is 1. The van der Waals surface area contributed by atoms with Crippen molar-refractivity contribution in [2.24, 2.45) is 0 Å². The van der Waals surface area contributed by atoms with Crippen molar-refractivity contribution in [3.05, 3.63) is 16.3 Å². The van der Waals surface area contributed by atoms with Crippen molar-refractivity contribution < 1.29 is 24.2 Å². The summed E-state index contributed by atoms with van der Waals surface area (Å²) in [6.07, 6.45) is 3.45. The average Bonchev–Trinajstić information content (AvgIpc) is 2.99. The van der Waals surface area contributed by atoms with Gasteiger partial charge in [-0.05, 0) is 25.3 Å². The van der Waals surface area contributed by atoms with Crippen LogP contribution in [0.1, 0.15) is 53.2 Å². The van der Waals surface area contributed by atoms with E-state index in [4.69, 9.17) is 9.47 Å². The van der Waals surface area contributed by atoms with E-state index in [1.165, 1.54) is 18.4 Å². The van der Waals surface area contributed by atoms with Crippen LogP contribution in [0.25, 0.3) is 10.2 Å². The van der Waals surface area contributed by atoms with Gasteiger partial charge in [0.05, 0.1) is 17.4 Å². The number of carboxylic acids is 1. The fourth-order valence-corrected chi connectivity index (χ4v) is 4.61. The Labute approximate surface area is 160 Å². The Hall–Kier alpha value is -2.26. The van der Waals surface area contributed by atoms with Gasteiger partial charge in [-0.25, -0.2) is 9.78 Å². The summed E-state index contributed by atoms with van der Waals surface area (Å²) in [5.41, 5.74) is -0.515. The fourth-order valence-electron chi connectivity index (χ4n) is 3.52. The molecule has 9 heteroatoms. The van der Waals surface area contributed by atoms with Crippen molar-refractivity contribution in [1.29, 1.82) is 0 Å². The average molecular weight is 393 g/mol. The highest BCUT2D eigenvalue weighted by atomic mass is 32.1. The molecular weight excluding hydrogens is 370 g/mol. The van der Waals surface area contributed by atoms with Gasteiger partial charge in [-0.1, -0.05) is 19.3 Å². The number of methoxy groups -OCH3 is 2. The predicted molar refractivity (Wildman–Crippen MR) is 100 cm³/mol. The van der Waals surface area contributed by atoms with Gasteiger partial charge in [-0.2, -0.15) is 4.98 Å². The number of nitrogens with one attached hydrogen (secondary N) is 1. The fraction of sp³-hybridized carbons (Fsp3) is 0.556. The highest BCUT2D eigenvalue weighted by molar-refractivity contribution is 7.20. The number of aliphatic carboxylic acids is 1. The molecule has 0 atom stereocenters. The summed E-state index contributed by atoms with van der Waals surface area (Å²) in [6, 6.07) is 0. The van der Waals surface area contributed by atoms with Crippen LogP contribution < -0.4 is 10.1 Å². The quantitative estimate of drug-likeness (QED) is 0.776. The molecule has 1 aliphatic rings. The molecule has 0 aromatic carbocycles. The van der Waals surface area contributed by atoms with Gasteiger partial charge in [0.15, 0.2) is 5.82 Å². The second-order valence-corrected chi connectivity index (χ2v) is 7.72. The summed E-state index contributed by atoms with van der Waals surface area (Å²) in [7, 11) is 3.06. The van der Waals surface area contributed by atoms with E-state index >= 15 is 0 Å². The Bertz CT molecular complexity index is 873. The lowest BCUT2D eigenvalue weighted by molar-refractivity contribution is -0.145. The van der Waals surface area contributed by atoms with Crippen LogP contribution in [0.5, 0.6) is 5.88 Å². The molecule has 1 amide bonds. The molecule has 0 unspecified atom stereocenters. The summed E-state index contributed by atoms with van der Waals surface area (Å²) in [6.45, 7) is 2.02. The van der Waals surface area contributed by atoms with Crippen molar-refractivity contribution in [2.45, 2.75) is 51.2 Å². The topological polar surface area (TPSA) is 111 Å².